The minimum atomic E-state index is -0.481. The first-order chi connectivity index (χ1) is 10.0. The van der Waals surface area contributed by atoms with Gasteiger partial charge in [0, 0.05) is 30.1 Å². The molecule has 3 rings (SSSR count). The van der Waals surface area contributed by atoms with E-state index in [-0.39, 0.29) is 11.1 Å². The van der Waals surface area contributed by atoms with Gasteiger partial charge in [-0.1, -0.05) is 11.6 Å². The number of rotatable bonds is 4. The maximum Gasteiger partial charge on any atom is 0.242 e. The predicted octanol–water partition coefficient (Wildman–Crippen LogP) is 3.87. The van der Waals surface area contributed by atoms with Gasteiger partial charge in [0.15, 0.2) is 4.96 Å². The van der Waals surface area contributed by atoms with E-state index in [0.717, 1.165) is 10.7 Å². The Morgan fingerprint density at radius 3 is 3.05 bits per heavy atom. The molecule has 2 N–H and O–H groups in total. The Balaban J connectivity index is 1.98. The number of hydrogen-bond acceptors (Lipinski definition) is 4. The molecule has 2 aromatic heterocycles. The van der Waals surface area contributed by atoms with E-state index in [1.165, 1.54) is 29.5 Å². The van der Waals surface area contributed by atoms with Gasteiger partial charge in [0.25, 0.3) is 0 Å². The van der Waals surface area contributed by atoms with Gasteiger partial charge in [-0.15, -0.1) is 11.3 Å². The van der Waals surface area contributed by atoms with Crippen molar-refractivity contribution >= 4 is 27.9 Å². The predicted molar refractivity (Wildman–Crippen MR) is 81.9 cm³/mol. The summed E-state index contributed by atoms with van der Waals surface area (Å²) in [5.74, 6) is 0.436. The first-order valence-corrected chi connectivity index (χ1v) is 7.63. The molecule has 0 aliphatic rings. The summed E-state index contributed by atoms with van der Waals surface area (Å²) in [5.41, 5.74) is 6.78. The topological polar surface area (TPSA) is 52.5 Å². The molecule has 0 saturated carbocycles. The van der Waals surface area contributed by atoms with E-state index in [9.17, 15) is 4.39 Å². The van der Waals surface area contributed by atoms with E-state index in [0.29, 0.717) is 18.1 Å². The number of hydrogen-bond donors (Lipinski definition) is 1. The number of nitrogens with two attached hydrogens (primary N) is 1. The molecule has 1 unspecified atom stereocenters. The van der Waals surface area contributed by atoms with Crippen molar-refractivity contribution in [2.75, 3.05) is 0 Å². The zero-order chi connectivity index (χ0) is 15.0. The molecule has 0 amide bonds. The van der Waals surface area contributed by atoms with Gasteiger partial charge in [-0.05, 0) is 19.1 Å². The van der Waals surface area contributed by atoms with Crippen molar-refractivity contribution in [3.05, 3.63) is 46.3 Å². The highest BCUT2D eigenvalue weighted by Gasteiger charge is 2.17. The van der Waals surface area contributed by atoms with Crippen molar-refractivity contribution in [3.63, 3.8) is 0 Å². The Labute approximate surface area is 129 Å². The molecule has 0 fully saturated rings. The normalized spacial score (nSPS) is 12.8. The summed E-state index contributed by atoms with van der Waals surface area (Å²) in [6.45, 7) is 1.92. The second-order valence-electron chi connectivity index (χ2n) is 4.78. The third kappa shape index (κ3) is 2.88. The van der Waals surface area contributed by atoms with Crippen LogP contribution in [0.15, 0.2) is 29.8 Å². The summed E-state index contributed by atoms with van der Waals surface area (Å²) in [5, 5.41) is 1.97. The monoisotopic (exact) mass is 325 g/mol. The highest BCUT2D eigenvalue weighted by atomic mass is 35.5. The molecule has 0 aliphatic carbocycles. The summed E-state index contributed by atoms with van der Waals surface area (Å²) in [6, 6.07) is 4.19. The van der Waals surface area contributed by atoms with E-state index in [1.807, 2.05) is 22.9 Å². The minimum Gasteiger partial charge on any atom is -0.437 e. The van der Waals surface area contributed by atoms with Crippen LogP contribution in [0.4, 0.5) is 4.39 Å². The quantitative estimate of drug-likeness (QED) is 0.792. The van der Waals surface area contributed by atoms with Crippen LogP contribution < -0.4 is 10.5 Å². The van der Waals surface area contributed by atoms with E-state index in [4.69, 9.17) is 22.1 Å². The summed E-state index contributed by atoms with van der Waals surface area (Å²) < 4.78 is 20.9. The number of thiazole rings is 1. The first kappa shape index (κ1) is 14.3. The van der Waals surface area contributed by atoms with Gasteiger partial charge in [-0.2, -0.15) is 4.98 Å². The number of nitrogens with zero attached hydrogens (tertiary/aromatic N) is 2. The van der Waals surface area contributed by atoms with Crippen LogP contribution >= 0.6 is 22.9 Å². The fourth-order valence-corrected chi connectivity index (χ4v) is 2.93. The summed E-state index contributed by atoms with van der Waals surface area (Å²) in [7, 11) is 0. The Bertz CT molecular complexity index is 784. The summed E-state index contributed by atoms with van der Waals surface area (Å²) in [6.07, 6.45) is 2.55. The highest BCUT2D eigenvalue weighted by Crippen LogP contribution is 2.30. The lowest BCUT2D eigenvalue weighted by atomic mass is 10.2. The smallest absolute Gasteiger partial charge is 0.242 e. The van der Waals surface area contributed by atoms with Gasteiger partial charge in [0.1, 0.15) is 11.6 Å². The zero-order valence-electron chi connectivity index (χ0n) is 11.2. The Hall–Kier alpha value is -1.63. The fourth-order valence-electron chi connectivity index (χ4n) is 2.04. The lowest BCUT2D eigenvalue weighted by Crippen LogP contribution is -2.19. The fraction of sp³-hybridized carbons (Fsp3) is 0.214. The minimum absolute atomic E-state index is 0.0160. The molecule has 0 bridgehead atoms. The van der Waals surface area contributed by atoms with Crippen LogP contribution in [0.5, 0.6) is 11.6 Å². The number of ether oxygens (including phenoxy) is 1. The highest BCUT2D eigenvalue weighted by molar-refractivity contribution is 7.15. The first-order valence-electron chi connectivity index (χ1n) is 6.37. The van der Waals surface area contributed by atoms with Crippen molar-refractivity contribution in [3.8, 4) is 11.6 Å². The average molecular weight is 326 g/mol. The average Bonchev–Trinajstić information content (AvgIpc) is 2.97. The van der Waals surface area contributed by atoms with Gasteiger partial charge in [-0.25, -0.2) is 4.39 Å². The SMILES string of the molecule is CC(N)Cc1c(Oc2ccc(F)c(Cl)c2)nc2sccn12. The molecular formula is C14H13ClFN3OS. The second kappa shape index (κ2) is 5.63. The third-order valence-electron chi connectivity index (χ3n) is 2.95. The van der Waals surface area contributed by atoms with E-state index < -0.39 is 5.82 Å². The van der Waals surface area contributed by atoms with Crippen molar-refractivity contribution in [1.82, 2.24) is 9.38 Å². The second-order valence-corrected chi connectivity index (χ2v) is 6.06. The van der Waals surface area contributed by atoms with Gasteiger partial charge in [0.05, 0.1) is 10.7 Å². The lowest BCUT2D eigenvalue weighted by molar-refractivity contribution is 0.455. The number of fused-ring (bicyclic) bond motifs is 1. The van der Waals surface area contributed by atoms with Crippen LogP contribution in [-0.2, 0) is 6.42 Å². The molecule has 2 heterocycles. The van der Waals surface area contributed by atoms with Crippen LogP contribution in [0.25, 0.3) is 4.96 Å². The number of halogens is 2. The van der Waals surface area contributed by atoms with Crippen molar-refractivity contribution < 1.29 is 9.13 Å². The maximum absolute atomic E-state index is 13.2. The molecule has 0 radical (unpaired) electrons. The van der Waals surface area contributed by atoms with Crippen molar-refractivity contribution in [1.29, 1.82) is 0 Å². The van der Waals surface area contributed by atoms with Crippen LogP contribution in [0.1, 0.15) is 12.6 Å². The van der Waals surface area contributed by atoms with E-state index in [1.54, 1.807) is 0 Å². The lowest BCUT2D eigenvalue weighted by Gasteiger charge is -2.08. The Morgan fingerprint density at radius 1 is 1.52 bits per heavy atom. The van der Waals surface area contributed by atoms with Gasteiger partial charge < -0.3 is 10.5 Å². The largest absolute Gasteiger partial charge is 0.437 e. The third-order valence-corrected chi connectivity index (χ3v) is 3.99. The van der Waals surface area contributed by atoms with Crippen LogP contribution in [0.3, 0.4) is 0 Å². The van der Waals surface area contributed by atoms with Gasteiger partial charge in [-0.3, -0.25) is 4.40 Å². The van der Waals surface area contributed by atoms with Gasteiger partial charge >= 0.3 is 0 Å². The molecule has 1 aromatic carbocycles. The molecule has 110 valence electrons. The zero-order valence-corrected chi connectivity index (χ0v) is 12.8. The molecule has 0 saturated heterocycles. The van der Waals surface area contributed by atoms with E-state index in [2.05, 4.69) is 4.98 Å². The molecule has 3 aromatic rings. The summed E-state index contributed by atoms with van der Waals surface area (Å²) in [4.78, 5) is 5.27. The number of imidazole rings is 1. The van der Waals surface area contributed by atoms with Crippen molar-refractivity contribution in [2.45, 2.75) is 19.4 Å². The summed E-state index contributed by atoms with van der Waals surface area (Å²) >= 11 is 7.27. The molecule has 0 spiro atoms. The number of aromatic nitrogens is 2. The molecule has 1 atom stereocenters. The molecular weight excluding hydrogens is 313 g/mol. The van der Waals surface area contributed by atoms with E-state index >= 15 is 0 Å². The molecule has 21 heavy (non-hydrogen) atoms. The number of benzene rings is 1. The molecule has 0 aliphatic heterocycles. The van der Waals surface area contributed by atoms with Crippen LogP contribution in [0.2, 0.25) is 5.02 Å². The van der Waals surface area contributed by atoms with Crippen LogP contribution in [0, 0.1) is 5.82 Å². The van der Waals surface area contributed by atoms with Crippen molar-refractivity contribution in [2.24, 2.45) is 5.73 Å². The van der Waals surface area contributed by atoms with Crippen LogP contribution in [-0.4, -0.2) is 15.4 Å². The van der Waals surface area contributed by atoms with Gasteiger partial charge in [0.2, 0.25) is 5.88 Å². The molecule has 7 heteroatoms. The Morgan fingerprint density at radius 2 is 2.33 bits per heavy atom. The molecule has 4 nitrogen and oxygen atoms in total. The maximum atomic E-state index is 13.2. The Kier molecular flexibility index (Phi) is 3.84. The standard InChI is InChI=1S/C14H13ClFN3OS/c1-8(17)6-12-13(18-14-19(12)4-5-21-14)20-9-2-3-11(16)10(15)7-9/h2-5,7-8H,6,17H2,1H3.